The first-order valence-corrected chi connectivity index (χ1v) is 13.3. The predicted molar refractivity (Wildman–Crippen MR) is 142 cm³/mol. The maximum atomic E-state index is 13.5. The molecule has 0 saturated carbocycles. The van der Waals surface area contributed by atoms with E-state index in [1.54, 1.807) is 15.9 Å². The van der Waals surface area contributed by atoms with Gasteiger partial charge in [-0.05, 0) is 61.8 Å². The van der Waals surface area contributed by atoms with Crippen molar-refractivity contribution >= 4 is 39.5 Å². The van der Waals surface area contributed by atoms with Gasteiger partial charge >= 0.3 is 12.0 Å². The summed E-state index contributed by atoms with van der Waals surface area (Å²) in [6.07, 6.45) is 3.66. The molecule has 2 N–H and O–H groups in total. The van der Waals surface area contributed by atoms with Crippen LogP contribution in [0.5, 0.6) is 0 Å². The van der Waals surface area contributed by atoms with Gasteiger partial charge < -0.3 is 20.2 Å². The van der Waals surface area contributed by atoms with E-state index in [1.165, 1.54) is 19.3 Å². The average molecular weight is 557 g/mol. The van der Waals surface area contributed by atoms with Gasteiger partial charge in [0.05, 0.1) is 6.42 Å². The average Bonchev–Trinajstić information content (AvgIpc) is 2.87. The fourth-order valence-corrected chi connectivity index (χ4v) is 5.26. The standard InChI is InChI=1S/C27H33BrN4O4/c28-22-8-10-23(11-9-22)32-18-20(16-25(33)34)17-31(27(32)36)19-21-6-2-3-7-24(21)26(35)29-12-15-30-13-4-1-5-14-30/h2-3,6-11,20H,1,4-5,12-19H2,(H,29,35)(H,33,34). The lowest BCUT2D eigenvalue weighted by molar-refractivity contribution is -0.138. The SMILES string of the molecule is O=C(O)CC1CN(Cc2ccccc2C(=O)NCCN2CCCCC2)C(=O)N(c2ccc(Br)cc2)C1. The first-order chi connectivity index (χ1) is 17.4. The normalized spacial score (nSPS) is 18.8. The van der Waals surface area contributed by atoms with Crippen LogP contribution in [0.4, 0.5) is 10.5 Å². The number of urea groups is 1. The molecule has 0 radical (unpaired) electrons. The third-order valence-electron chi connectivity index (χ3n) is 6.81. The fraction of sp³-hybridized carbons (Fsp3) is 0.444. The minimum absolute atomic E-state index is 0.0323. The lowest BCUT2D eigenvalue weighted by Gasteiger charge is -2.40. The molecule has 1 atom stereocenters. The van der Waals surface area contributed by atoms with Gasteiger partial charge in [-0.2, -0.15) is 0 Å². The monoisotopic (exact) mass is 556 g/mol. The quantitative estimate of drug-likeness (QED) is 0.482. The van der Waals surface area contributed by atoms with Crippen LogP contribution in [-0.4, -0.2) is 72.1 Å². The summed E-state index contributed by atoms with van der Waals surface area (Å²) in [7, 11) is 0. The lowest BCUT2D eigenvalue weighted by atomic mass is 9.99. The molecule has 2 aromatic carbocycles. The van der Waals surface area contributed by atoms with Crippen molar-refractivity contribution in [2.24, 2.45) is 5.92 Å². The zero-order valence-corrected chi connectivity index (χ0v) is 22.0. The van der Waals surface area contributed by atoms with Gasteiger partial charge in [0, 0.05) is 54.4 Å². The third-order valence-corrected chi connectivity index (χ3v) is 7.34. The van der Waals surface area contributed by atoms with Crippen LogP contribution in [0.1, 0.15) is 41.6 Å². The van der Waals surface area contributed by atoms with Crippen LogP contribution < -0.4 is 10.2 Å². The number of nitrogens with zero attached hydrogens (tertiary/aromatic N) is 3. The number of nitrogens with one attached hydrogen (secondary N) is 1. The molecule has 8 nitrogen and oxygen atoms in total. The fourth-order valence-electron chi connectivity index (χ4n) is 4.99. The Labute approximate surface area is 220 Å². The number of rotatable bonds is 9. The highest BCUT2D eigenvalue weighted by Crippen LogP contribution is 2.27. The Morgan fingerprint density at radius 1 is 1.00 bits per heavy atom. The highest BCUT2D eigenvalue weighted by Gasteiger charge is 2.34. The summed E-state index contributed by atoms with van der Waals surface area (Å²) < 4.78 is 0.898. The number of benzene rings is 2. The molecule has 36 heavy (non-hydrogen) atoms. The molecule has 4 rings (SSSR count). The molecule has 9 heteroatoms. The van der Waals surface area contributed by atoms with E-state index in [0.29, 0.717) is 30.9 Å². The molecule has 2 aliphatic heterocycles. The second-order valence-corrected chi connectivity index (χ2v) is 10.4. The van der Waals surface area contributed by atoms with Crippen molar-refractivity contribution in [1.82, 2.24) is 15.1 Å². The van der Waals surface area contributed by atoms with E-state index in [4.69, 9.17) is 0 Å². The van der Waals surface area contributed by atoms with Crippen molar-refractivity contribution in [3.63, 3.8) is 0 Å². The molecule has 2 aromatic rings. The molecule has 192 valence electrons. The number of piperidine rings is 1. The number of carbonyl (C=O) groups is 3. The minimum Gasteiger partial charge on any atom is -0.481 e. The summed E-state index contributed by atoms with van der Waals surface area (Å²) in [5.41, 5.74) is 2.00. The summed E-state index contributed by atoms with van der Waals surface area (Å²) >= 11 is 3.42. The second kappa shape index (κ2) is 12.4. The number of hydrogen-bond acceptors (Lipinski definition) is 4. The number of carboxylic acids is 1. The number of halogens is 1. The summed E-state index contributed by atoms with van der Waals surface area (Å²) in [5, 5.41) is 12.4. The molecule has 1 unspecified atom stereocenters. The zero-order valence-electron chi connectivity index (χ0n) is 20.4. The van der Waals surface area contributed by atoms with E-state index in [0.717, 1.165) is 29.7 Å². The van der Waals surface area contributed by atoms with Gasteiger partial charge in [0.1, 0.15) is 0 Å². The van der Waals surface area contributed by atoms with Crippen LogP contribution in [0.15, 0.2) is 53.0 Å². The van der Waals surface area contributed by atoms with Crippen molar-refractivity contribution < 1.29 is 19.5 Å². The number of amides is 3. The van der Waals surface area contributed by atoms with E-state index in [-0.39, 0.29) is 30.8 Å². The summed E-state index contributed by atoms with van der Waals surface area (Å²) in [4.78, 5) is 43.6. The molecule has 0 spiro atoms. The van der Waals surface area contributed by atoms with Crippen LogP contribution in [-0.2, 0) is 11.3 Å². The number of hydrogen-bond donors (Lipinski definition) is 2. The highest BCUT2D eigenvalue weighted by atomic mass is 79.9. The van der Waals surface area contributed by atoms with Crippen LogP contribution in [0.2, 0.25) is 0 Å². The van der Waals surface area contributed by atoms with Gasteiger partial charge in [0.25, 0.3) is 5.91 Å². The summed E-state index contributed by atoms with van der Waals surface area (Å²) in [6.45, 7) is 4.46. The van der Waals surface area contributed by atoms with E-state index in [9.17, 15) is 19.5 Å². The van der Waals surface area contributed by atoms with Gasteiger partial charge in [-0.25, -0.2) is 4.79 Å². The molecule has 0 bridgehead atoms. The minimum atomic E-state index is -0.890. The van der Waals surface area contributed by atoms with Crippen molar-refractivity contribution in [1.29, 1.82) is 0 Å². The van der Waals surface area contributed by atoms with E-state index in [1.807, 2.05) is 42.5 Å². The van der Waals surface area contributed by atoms with Crippen molar-refractivity contribution in [3.05, 3.63) is 64.1 Å². The Balaban J connectivity index is 1.47. The number of likely N-dealkylation sites (tertiary alicyclic amines) is 1. The van der Waals surface area contributed by atoms with Gasteiger partial charge in [-0.15, -0.1) is 0 Å². The Hall–Kier alpha value is -2.91. The molecule has 2 heterocycles. The van der Waals surface area contributed by atoms with Gasteiger partial charge in [0.15, 0.2) is 0 Å². The zero-order chi connectivity index (χ0) is 25.5. The van der Waals surface area contributed by atoms with Crippen molar-refractivity contribution in [2.75, 3.05) is 44.2 Å². The topological polar surface area (TPSA) is 93.2 Å². The first kappa shape index (κ1) is 26.2. The second-order valence-electron chi connectivity index (χ2n) is 9.53. The molecule has 2 fully saturated rings. The predicted octanol–water partition coefficient (Wildman–Crippen LogP) is 4.20. The van der Waals surface area contributed by atoms with E-state index >= 15 is 0 Å². The van der Waals surface area contributed by atoms with Crippen LogP contribution in [0.3, 0.4) is 0 Å². The van der Waals surface area contributed by atoms with Gasteiger partial charge in [-0.1, -0.05) is 40.5 Å². The molecule has 0 aromatic heterocycles. The Morgan fingerprint density at radius 3 is 2.44 bits per heavy atom. The van der Waals surface area contributed by atoms with Crippen LogP contribution in [0.25, 0.3) is 0 Å². The van der Waals surface area contributed by atoms with Gasteiger partial charge in [-0.3, -0.25) is 14.5 Å². The lowest BCUT2D eigenvalue weighted by Crippen LogP contribution is -2.53. The Kier molecular flexibility index (Phi) is 8.98. The largest absolute Gasteiger partial charge is 0.481 e. The molecule has 3 amide bonds. The Morgan fingerprint density at radius 2 is 1.72 bits per heavy atom. The number of carbonyl (C=O) groups excluding carboxylic acids is 2. The van der Waals surface area contributed by atoms with Crippen LogP contribution in [0, 0.1) is 5.92 Å². The highest BCUT2D eigenvalue weighted by molar-refractivity contribution is 9.10. The van der Waals surface area contributed by atoms with Crippen LogP contribution >= 0.6 is 15.9 Å². The summed E-state index contributed by atoms with van der Waals surface area (Å²) in [6, 6.07) is 14.5. The third kappa shape index (κ3) is 6.85. The first-order valence-electron chi connectivity index (χ1n) is 12.5. The van der Waals surface area contributed by atoms with Gasteiger partial charge in [0.2, 0.25) is 0 Å². The molecule has 2 aliphatic rings. The smallest absolute Gasteiger partial charge is 0.324 e. The summed E-state index contributed by atoms with van der Waals surface area (Å²) in [5.74, 6) is -1.27. The van der Waals surface area contributed by atoms with Crippen molar-refractivity contribution in [3.8, 4) is 0 Å². The Bertz CT molecular complexity index is 1070. The maximum Gasteiger partial charge on any atom is 0.324 e. The number of anilines is 1. The molecule has 2 saturated heterocycles. The van der Waals surface area contributed by atoms with E-state index in [2.05, 4.69) is 26.1 Å². The molecular formula is C27H33BrN4O4. The van der Waals surface area contributed by atoms with E-state index < -0.39 is 5.97 Å². The van der Waals surface area contributed by atoms with Crippen molar-refractivity contribution in [2.45, 2.75) is 32.2 Å². The molecular weight excluding hydrogens is 524 g/mol. The number of carboxylic acid groups (broad SMARTS) is 1. The molecule has 0 aliphatic carbocycles. The maximum absolute atomic E-state index is 13.5. The number of aliphatic carboxylic acids is 1.